The van der Waals surface area contributed by atoms with Crippen LogP contribution in [-0.2, 0) is 10.0 Å². The minimum atomic E-state index is -3.55. The highest BCUT2D eigenvalue weighted by atomic mass is 32.2. The number of benzene rings is 1. The zero-order valence-corrected chi connectivity index (χ0v) is 10.3. The second-order valence-electron chi connectivity index (χ2n) is 3.99. The molecular formula is C11H14N2O3S. The molecule has 1 aromatic rings. The van der Waals surface area contributed by atoms with Gasteiger partial charge in [0.1, 0.15) is 11.2 Å². The predicted octanol–water partition coefficient (Wildman–Crippen LogP) is 0.995. The number of nitrogens with zero attached hydrogens (tertiary/aromatic N) is 2. The molecular weight excluding hydrogens is 240 g/mol. The van der Waals surface area contributed by atoms with Crippen LogP contribution in [0, 0.1) is 0 Å². The van der Waals surface area contributed by atoms with Gasteiger partial charge < -0.3 is 10.0 Å². The van der Waals surface area contributed by atoms with Gasteiger partial charge in [0.25, 0.3) is 10.0 Å². The molecule has 1 aliphatic heterocycles. The maximum absolute atomic E-state index is 11.7. The van der Waals surface area contributed by atoms with Gasteiger partial charge in [0.15, 0.2) is 0 Å². The van der Waals surface area contributed by atoms with Crippen molar-refractivity contribution in [3.8, 4) is 0 Å². The summed E-state index contributed by atoms with van der Waals surface area (Å²) in [5.74, 6) is 0. The van der Waals surface area contributed by atoms with Gasteiger partial charge in [-0.3, -0.25) is 0 Å². The minimum Gasteiger partial charge on any atom is -0.393 e. The Morgan fingerprint density at radius 3 is 2.82 bits per heavy atom. The molecule has 2 rings (SSSR count). The van der Waals surface area contributed by atoms with Gasteiger partial charge in [0, 0.05) is 6.54 Å². The van der Waals surface area contributed by atoms with Crippen LogP contribution in [0.15, 0.2) is 33.6 Å². The smallest absolute Gasteiger partial charge is 0.285 e. The zero-order valence-electron chi connectivity index (χ0n) is 9.44. The monoisotopic (exact) mass is 254 g/mol. The molecule has 0 saturated heterocycles. The average molecular weight is 254 g/mol. The van der Waals surface area contributed by atoms with E-state index < -0.39 is 16.1 Å². The third-order valence-corrected chi connectivity index (χ3v) is 3.84. The van der Waals surface area contributed by atoms with E-state index >= 15 is 0 Å². The van der Waals surface area contributed by atoms with E-state index in [2.05, 4.69) is 4.40 Å². The van der Waals surface area contributed by atoms with E-state index in [9.17, 15) is 13.5 Å². The Kier molecular flexibility index (Phi) is 3.17. The summed E-state index contributed by atoms with van der Waals surface area (Å²) in [6, 6.07) is 6.73. The van der Waals surface area contributed by atoms with Crippen LogP contribution in [0.25, 0.3) is 0 Å². The van der Waals surface area contributed by atoms with Crippen molar-refractivity contribution in [2.24, 2.45) is 4.40 Å². The van der Waals surface area contributed by atoms with Crippen LogP contribution in [0.2, 0.25) is 0 Å². The van der Waals surface area contributed by atoms with E-state index in [-0.39, 0.29) is 4.90 Å². The zero-order chi connectivity index (χ0) is 12.5. The van der Waals surface area contributed by atoms with E-state index in [1.807, 2.05) is 0 Å². The first-order chi connectivity index (χ1) is 8.00. The van der Waals surface area contributed by atoms with E-state index in [1.165, 1.54) is 12.4 Å². The first kappa shape index (κ1) is 12.1. The third kappa shape index (κ3) is 2.48. The van der Waals surface area contributed by atoms with Crippen molar-refractivity contribution in [1.82, 2.24) is 0 Å². The Morgan fingerprint density at radius 1 is 1.41 bits per heavy atom. The van der Waals surface area contributed by atoms with Gasteiger partial charge in [-0.15, -0.1) is 4.40 Å². The largest absolute Gasteiger partial charge is 0.393 e. The van der Waals surface area contributed by atoms with Gasteiger partial charge in [-0.1, -0.05) is 12.1 Å². The van der Waals surface area contributed by atoms with Crippen molar-refractivity contribution < 1.29 is 13.5 Å². The molecule has 17 heavy (non-hydrogen) atoms. The summed E-state index contributed by atoms with van der Waals surface area (Å²) in [5.41, 5.74) is 0.614. The second kappa shape index (κ2) is 4.46. The average Bonchev–Trinajstić information content (AvgIpc) is 2.28. The Morgan fingerprint density at radius 2 is 2.12 bits per heavy atom. The summed E-state index contributed by atoms with van der Waals surface area (Å²) >= 11 is 0. The van der Waals surface area contributed by atoms with Crippen LogP contribution >= 0.6 is 0 Å². The molecule has 1 heterocycles. The summed E-state index contributed by atoms with van der Waals surface area (Å²) < 4.78 is 26.9. The lowest BCUT2D eigenvalue weighted by molar-refractivity contribution is 0.187. The number of aliphatic hydroxyl groups excluding tert-OH is 1. The molecule has 1 aromatic carbocycles. The summed E-state index contributed by atoms with van der Waals surface area (Å²) in [4.78, 5) is 1.96. The SMILES string of the molecule is CC(O)CCN1C=NS(=O)(=O)c2ccccc21. The van der Waals surface area contributed by atoms with Crippen molar-refractivity contribution in [2.45, 2.75) is 24.3 Å². The fraction of sp³-hybridized carbons (Fsp3) is 0.364. The number of hydrogen-bond donors (Lipinski definition) is 1. The van der Waals surface area contributed by atoms with Gasteiger partial charge in [0.05, 0.1) is 11.8 Å². The minimum absolute atomic E-state index is 0.216. The number of anilines is 1. The topological polar surface area (TPSA) is 70.0 Å². The molecule has 6 heteroatoms. The molecule has 1 unspecified atom stereocenters. The van der Waals surface area contributed by atoms with Crippen LogP contribution < -0.4 is 4.90 Å². The van der Waals surface area contributed by atoms with Gasteiger partial charge in [-0.2, -0.15) is 8.42 Å². The van der Waals surface area contributed by atoms with Crippen LogP contribution in [-0.4, -0.2) is 32.5 Å². The fourth-order valence-electron chi connectivity index (χ4n) is 1.65. The molecule has 0 amide bonds. The summed E-state index contributed by atoms with van der Waals surface area (Å²) in [7, 11) is -3.55. The van der Waals surface area contributed by atoms with E-state index in [0.29, 0.717) is 18.7 Å². The molecule has 0 saturated carbocycles. The van der Waals surface area contributed by atoms with E-state index in [1.54, 1.807) is 30.0 Å². The van der Waals surface area contributed by atoms with Gasteiger partial charge >= 0.3 is 0 Å². The number of rotatable bonds is 3. The number of aliphatic hydroxyl groups is 1. The molecule has 1 atom stereocenters. The van der Waals surface area contributed by atoms with Crippen molar-refractivity contribution in [1.29, 1.82) is 0 Å². The number of hydrogen-bond acceptors (Lipinski definition) is 4. The molecule has 0 bridgehead atoms. The summed E-state index contributed by atoms with van der Waals surface area (Å²) in [5, 5.41) is 9.24. The van der Waals surface area contributed by atoms with Crippen molar-refractivity contribution in [3.05, 3.63) is 24.3 Å². The van der Waals surface area contributed by atoms with Gasteiger partial charge in [-0.05, 0) is 25.5 Å². The molecule has 0 aromatic heterocycles. The maximum Gasteiger partial charge on any atom is 0.285 e. The van der Waals surface area contributed by atoms with Crippen LogP contribution in [0.1, 0.15) is 13.3 Å². The fourth-order valence-corrected chi connectivity index (χ4v) is 2.71. The number of sulfonamides is 1. The Bertz CT molecular complexity index is 537. The van der Waals surface area contributed by atoms with Crippen molar-refractivity contribution in [3.63, 3.8) is 0 Å². The highest BCUT2D eigenvalue weighted by Crippen LogP contribution is 2.29. The van der Waals surface area contributed by atoms with Crippen molar-refractivity contribution >= 4 is 22.0 Å². The van der Waals surface area contributed by atoms with Gasteiger partial charge in [-0.25, -0.2) is 0 Å². The number of para-hydroxylation sites is 1. The Balaban J connectivity index is 2.34. The normalized spacial score (nSPS) is 18.8. The highest BCUT2D eigenvalue weighted by Gasteiger charge is 2.24. The lowest BCUT2D eigenvalue weighted by Crippen LogP contribution is -2.29. The van der Waals surface area contributed by atoms with Crippen molar-refractivity contribution in [2.75, 3.05) is 11.4 Å². The second-order valence-corrected chi connectivity index (χ2v) is 5.60. The predicted molar refractivity (Wildman–Crippen MR) is 65.8 cm³/mol. The molecule has 5 nitrogen and oxygen atoms in total. The number of fused-ring (bicyclic) bond motifs is 1. The molecule has 1 aliphatic rings. The standard InChI is InChI=1S/C11H14N2O3S/c1-9(14)6-7-13-8-12-17(15,16)11-5-3-2-4-10(11)13/h2-5,8-9,14H,6-7H2,1H3. The summed E-state index contributed by atoms with van der Waals surface area (Å²) in [6.07, 6.45) is 1.44. The van der Waals surface area contributed by atoms with Crippen LogP contribution in [0.5, 0.6) is 0 Å². The Labute approximate surface area is 100 Å². The molecule has 0 aliphatic carbocycles. The van der Waals surface area contributed by atoms with E-state index in [4.69, 9.17) is 0 Å². The third-order valence-electron chi connectivity index (χ3n) is 2.57. The summed E-state index contributed by atoms with van der Waals surface area (Å²) in [6.45, 7) is 2.23. The molecule has 0 spiro atoms. The highest BCUT2D eigenvalue weighted by molar-refractivity contribution is 7.90. The van der Waals surface area contributed by atoms with Crippen LogP contribution in [0.4, 0.5) is 5.69 Å². The van der Waals surface area contributed by atoms with E-state index in [0.717, 1.165) is 0 Å². The Hall–Kier alpha value is -1.40. The molecule has 92 valence electrons. The first-order valence-corrected chi connectivity index (χ1v) is 6.79. The molecule has 1 N–H and O–H groups in total. The maximum atomic E-state index is 11.7. The van der Waals surface area contributed by atoms with Gasteiger partial charge in [0.2, 0.25) is 0 Å². The lowest BCUT2D eigenvalue weighted by Gasteiger charge is -2.25. The first-order valence-electron chi connectivity index (χ1n) is 5.35. The quantitative estimate of drug-likeness (QED) is 0.873. The molecule has 0 radical (unpaired) electrons. The van der Waals surface area contributed by atoms with Crippen LogP contribution in [0.3, 0.4) is 0 Å². The molecule has 0 fully saturated rings. The lowest BCUT2D eigenvalue weighted by atomic mass is 10.2.